The predicted molar refractivity (Wildman–Crippen MR) is 57.2 cm³/mol. The van der Waals surface area contributed by atoms with Gasteiger partial charge in [-0.25, -0.2) is 0 Å². The summed E-state index contributed by atoms with van der Waals surface area (Å²) < 4.78 is 5.29. The van der Waals surface area contributed by atoms with Crippen LogP contribution in [0.2, 0.25) is 0 Å². The van der Waals surface area contributed by atoms with Crippen LogP contribution in [0.4, 0.5) is 0 Å². The molecule has 0 bridgehead atoms. The summed E-state index contributed by atoms with van der Waals surface area (Å²) in [6, 6.07) is 0. The summed E-state index contributed by atoms with van der Waals surface area (Å²) in [6.07, 6.45) is 3.41. The lowest BCUT2D eigenvalue weighted by molar-refractivity contribution is -0.00827. The molecule has 3 unspecified atom stereocenters. The Balaban J connectivity index is 4.00. The first-order valence-corrected chi connectivity index (χ1v) is 5.47. The maximum absolute atomic E-state index is 9.26. The van der Waals surface area contributed by atoms with E-state index in [1.807, 2.05) is 0 Å². The second-order valence-corrected chi connectivity index (χ2v) is 3.94. The average molecular weight is 204 g/mol. The number of hydrogen-bond donors (Lipinski definition) is 2. The first-order valence-electron chi connectivity index (χ1n) is 5.47. The summed E-state index contributed by atoms with van der Waals surface area (Å²) >= 11 is 0. The molecule has 0 aromatic rings. The zero-order valence-electron chi connectivity index (χ0n) is 9.57. The van der Waals surface area contributed by atoms with Gasteiger partial charge in [-0.1, -0.05) is 19.8 Å². The third-order valence-electron chi connectivity index (χ3n) is 2.56. The molecule has 0 fully saturated rings. The summed E-state index contributed by atoms with van der Waals surface area (Å²) in [6.45, 7) is 4.02. The second-order valence-electron chi connectivity index (χ2n) is 3.94. The van der Waals surface area contributed by atoms with Crippen molar-refractivity contribution in [3.05, 3.63) is 0 Å². The highest BCUT2D eigenvalue weighted by molar-refractivity contribution is 4.71. The van der Waals surface area contributed by atoms with Crippen molar-refractivity contribution in [2.45, 2.75) is 51.7 Å². The van der Waals surface area contributed by atoms with E-state index in [4.69, 9.17) is 4.74 Å². The molecule has 0 saturated heterocycles. The highest BCUT2D eigenvalue weighted by atomic mass is 16.5. The lowest BCUT2D eigenvalue weighted by Gasteiger charge is -2.25. The van der Waals surface area contributed by atoms with Gasteiger partial charge in [-0.2, -0.15) is 0 Å². The fourth-order valence-electron chi connectivity index (χ4n) is 1.68. The van der Waals surface area contributed by atoms with Gasteiger partial charge >= 0.3 is 0 Å². The van der Waals surface area contributed by atoms with Gasteiger partial charge in [0.05, 0.1) is 12.2 Å². The molecule has 0 rings (SSSR count). The largest absolute Gasteiger partial charge is 0.396 e. The Kier molecular flexibility index (Phi) is 8.14. The quantitative estimate of drug-likeness (QED) is 0.631. The molecule has 0 saturated carbocycles. The third kappa shape index (κ3) is 5.58. The van der Waals surface area contributed by atoms with Crippen LogP contribution in [0.25, 0.3) is 0 Å². The van der Waals surface area contributed by atoms with E-state index in [2.05, 4.69) is 6.92 Å². The molecule has 3 nitrogen and oxygen atoms in total. The summed E-state index contributed by atoms with van der Waals surface area (Å²) in [4.78, 5) is 0. The van der Waals surface area contributed by atoms with Gasteiger partial charge in [0.1, 0.15) is 0 Å². The molecule has 0 spiro atoms. The van der Waals surface area contributed by atoms with Crippen LogP contribution in [0.1, 0.15) is 39.5 Å². The fraction of sp³-hybridized carbons (Fsp3) is 1.00. The Hall–Kier alpha value is -0.120. The van der Waals surface area contributed by atoms with Gasteiger partial charge in [0.2, 0.25) is 0 Å². The van der Waals surface area contributed by atoms with Crippen LogP contribution >= 0.6 is 0 Å². The van der Waals surface area contributed by atoms with Crippen molar-refractivity contribution in [3.8, 4) is 0 Å². The van der Waals surface area contributed by atoms with E-state index in [9.17, 15) is 10.2 Å². The Labute approximate surface area is 87.1 Å². The molecule has 0 amide bonds. The summed E-state index contributed by atoms with van der Waals surface area (Å²) in [5.41, 5.74) is 0. The maximum Gasteiger partial charge on any atom is 0.0645 e. The van der Waals surface area contributed by atoms with Gasteiger partial charge in [0.15, 0.2) is 0 Å². The number of methoxy groups -OCH3 is 1. The van der Waals surface area contributed by atoms with Gasteiger partial charge in [-0.05, 0) is 19.8 Å². The Morgan fingerprint density at radius 1 is 1.36 bits per heavy atom. The van der Waals surface area contributed by atoms with Crippen molar-refractivity contribution >= 4 is 0 Å². The minimum atomic E-state index is -0.365. The van der Waals surface area contributed by atoms with Crippen molar-refractivity contribution in [1.29, 1.82) is 0 Å². The van der Waals surface area contributed by atoms with Crippen LogP contribution in [-0.4, -0.2) is 36.1 Å². The first-order chi connectivity index (χ1) is 6.65. The van der Waals surface area contributed by atoms with Gasteiger partial charge in [0, 0.05) is 19.6 Å². The van der Waals surface area contributed by atoms with E-state index >= 15 is 0 Å². The molecule has 3 atom stereocenters. The maximum atomic E-state index is 9.26. The van der Waals surface area contributed by atoms with Gasteiger partial charge in [-0.3, -0.25) is 0 Å². The Morgan fingerprint density at radius 3 is 2.36 bits per heavy atom. The topological polar surface area (TPSA) is 49.7 Å². The van der Waals surface area contributed by atoms with Crippen LogP contribution in [0.5, 0.6) is 0 Å². The normalized spacial score (nSPS) is 17.8. The Bertz CT molecular complexity index is 126. The number of ether oxygens (including phenoxy) is 1. The molecule has 0 aliphatic heterocycles. The number of rotatable bonds is 8. The van der Waals surface area contributed by atoms with E-state index in [-0.39, 0.29) is 24.7 Å². The zero-order chi connectivity index (χ0) is 11.0. The van der Waals surface area contributed by atoms with Crippen LogP contribution in [0.3, 0.4) is 0 Å². The van der Waals surface area contributed by atoms with Gasteiger partial charge < -0.3 is 14.9 Å². The van der Waals surface area contributed by atoms with E-state index in [0.717, 1.165) is 19.3 Å². The van der Waals surface area contributed by atoms with Crippen LogP contribution in [-0.2, 0) is 4.74 Å². The number of unbranched alkanes of at least 4 members (excludes halogenated alkanes) is 1. The first kappa shape index (κ1) is 13.9. The van der Waals surface area contributed by atoms with Crippen molar-refractivity contribution in [2.24, 2.45) is 5.92 Å². The average Bonchev–Trinajstić information content (AvgIpc) is 2.16. The van der Waals surface area contributed by atoms with Gasteiger partial charge in [0.25, 0.3) is 0 Å². The zero-order valence-corrected chi connectivity index (χ0v) is 9.57. The molecular weight excluding hydrogens is 180 g/mol. The minimum Gasteiger partial charge on any atom is -0.396 e. The van der Waals surface area contributed by atoms with Crippen molar-refractivity contribution < 1.29 is 14.9 Å². The molecule has 0 aromatic heterocycles. The molecule has 0 aliphatic rings. The predicted octanol–water partition coefficient (Wildman–Crippen LogP) is 1.57. The number of aliphatic hydroxyl groups excluding tert-OH is 2. The molecule has 2 N–H and O–H groups in total. The Morgan fingerprint density at radius 2 is 2.00 bits per heavy atom. The molecule has 14 heavy (non-hydrogen) atoms. The second kappa shape index (κ2) is 8.21. The molecule has 0 aliphatic carbocycles. The summed E-state index contributed by atoms with van der Waals surface area (Å²) in [5.74, 6) is 0.162. The van der Waals surface area contributed by atoms with E-state index < -0.39 is 0 Å². The summed E-state index contributed by atoms with van der Waals surface area (Å²) in [7, 11) is 1.64. The molecule has 0 heterocycles. The standard InChI is InChI=1S/C11H24O3/c1-4-5-6-10(8-12)11(14-3)7-9(2)13/h9-13H,4-8H2,1-3H3. The lowest BCUT2D eigenvalue weighted by atomic mass is 9.93. The van der Waals surface area contributed by atoms with Crippen molar-refractivity contribution in [3.63, 3.8) is 0 Å². The number of hydrogen-bond acceptors (Lipinski definition) is 3. The van der Waals surface area contributed by atoms with Gasteiger partial charge in [-0.15, -0.1) is 0 Å². The van der Waals surface area contributed by atoms with Crippen LogP contribution < -0.4 is 0 Å². The number of aliphatic hydroxyl groups is 2. The van der Waals surface area contributed by atoms with E-state index in [1.165, 1.54) is 0 Å². The molecule has 0 radical (unpaired) electrons. The van der Waals surface area contributed by atoms with E-state index in [0.29, 0.717) is 6.42 Å². The highest BCUT2D eigenvalue weighted by Crippen LogP contribution is 2.19. The highest BCUT2D eigenvalue weighted by Gasteiger charge is 2.21. The lowest BCUT2D eigenvalue weighted by Crippen LogP contribution is -2.29. The SMILES string of the molecule is CCCCC(CO)C(CC(C)O)OC. The molecule has 3 heteroatoms. The molecule has 0 aromatic carbocycles. The smallest absolute Gasteiger partial charge is 0.0645 e. The monoisotopic (exact) mass is 204 g/mol. The molecule has 86 valence electrons. The van der Waals surface area contributed by atoms with Crippen molar-refractivity contribution in [2.75, 3.05) is 13.7 Å². The summed E-state index contributed by atoms with van der Waals surface area (Å²) in [5, 5.41) is 18.5. The minimum absolute atomic E-state index is 0.0217. The van der Waals surface area contributed by atoms with Crippen molar-refractivity contribution in [1.82, 2.24) is 0 Å². The fourth-order valence-corrected chi connectivity index (χ4v) is 1.68. The third-order valence-corrected chi connectivity index (χ3v) is 2.56. The van der Waals surface area contributed by atoms with E-state index in [1.54, 1.807) is 14.0 Å². The van der Waals surface area contributed by atoms with Crippen LogP contribution in [0, 0.1) is 5.92 Å². The van der Waals surface area contributed by atoms with Crippen LogP contribution in [0.15, 0.2) is 0 Å². The molecular formula is C11H24O3.